The molecule has 1 aromatic carbocycles. The lowest BCUT2D eigenvalue weighted by atomic mass is 10.2. The Morgan fingerprint density at radius 2 is 1.63 bits per heavy atom. The number of rotatable bonds is 1. The highest BCUT2D eigenvalue weighted by atomic mass is 15.1. The number of H-pyrrole nitrogens is 1. The van der Waals surface area contributed by atoms with Gasteiger partial charge in [-0.15, -0.1) is 0 Å². The maximum absolute atomic E-state index is 3.67. The van der Waals surface area contributed by atoms with Crippen molar-refractivity contribution in [3.63, 3.8) is 0 Å². The van der Waals surface area contributed by atoms with Crippen molar-refractivity contribution in [3.05, 3.63) is 85.7 Å². The molecule has 2 heterocycles. The van der Waals surface area contributed by atoms with Crippen LogP contribution in [0, 0.1) is 0 Å². The molecule has 0 aliphatic carbocycles. The lowest BCUT2D eigenvalue weighted by molar-refractivity contribution is 1.09. The maximum Gasteiger partial charge on any atom is 0.115 e. The monoisotopic (exact) mass is 252 g/mol. The third-order valence-corrected chi connectivity index (χ3v) is 1.92. The summed E-state index contributed by atoms with van der Waals surface area (Å²) < 4.78 is 0. The quantitative estimate of drug-likeness (QED) is 0.723. The number of hydrogen-bond acceptors (Lipinski definition) is 3. The molecule has 0 bridgehead atoms. The number of nitrogens with zero attached hydrogens (tertiary/aromatic N) is 3. The molecule has 0 radical (unpaired) electrons. The molecule has 0 aliphatic heterocycles. The Kier molecular flexibility index (Phi) is 7.84. The van der Waals surface area contributed by atoms with Gasteiger partial charge in [0.1, 0.15) is 6.33 Å². The van der Waals surface area contributed by atoms with Gasteiger partial charge in [0.25, 0.3) is 0 Å². The summed E-state index contributed by atoms with van der Waals surface area (Å²) in [4.78, 5) is 7.35. The molecule has 19 heavy (non-hydrogen) atoms. The standard InChI is InChI=1S/C8H8.C4H4N2.C3H4N2/c1-2-8-6-4-3-5-7-8;1-2-5-4-6-3-1;1-2-4-5-3-1/h2-7H,1H2;1-4H;1-3H,(H,4,5). The van der Waals surface area contributed by atoms with Gasteiger partial charge >= 0.3 is 0 Å². The lowest BCUT2D eigenvalue weighted by Crippen LogP contribution is -1.66. The zero-order valence-corrected chi connectivity index (χ0v) is 10.6. The molecule has 0 spiro atoms. The molecule has 0 fully saturated rings. The van der Waals surface area contributed by atoms with Crippen LogP contribution in [0.1, 0.15) is 5.56 Å². The normalized spacial score (nSPS) is 8.21. The van der Waals surface area contributed by atoms with Gasteiger partial charge in [-0.1, -0.05) is 43.0 Å². The fourth-order valence-electron chi connectivity index (χ4n) is 1.06. The average molecular weight is 252 g/mol. The van der Waals surface area contributed by atoms with E-state index < -0.39 is 0 Å². The topological polar surface area (TPSA) is 54.5 Å². The molecule has 0 saturated carbocycles. The summed E-state index contributed by atoms with van der Waals surface area (Å²) in [5.41, 5.74) is 1.17. The molecule has 3 rings (SSSR count). The SMILES string of the molecule is C=Cc1ccccc1.c1cn[nH]c1.c1cncnc1. The predicted octanol–water partition coefficient (Wildman–Crippen LogP) is 3.22. The number of benzene rings is 1. The first kappa shape index (κ1) is 14.3. The van der Waals surface area contributed by atoms with E-state index >= 15 is 0 Å². The van der Waals surface area contributed by atoms with Gasteiger partial charge in [0.2, 0.25) is 0 Å². The van der Waals surface area contributed by atoms with E-state index in [9.17, 15) is 0 Å². The molecule has 0 aliphatic rings. The van der Waals surface area contributed by atoms with E-state index in [2.05, 4.69) is 26.7 Å². The van der Waals surface area contributed by atoms with E-state index in [4.69, 9.17) is 0 Å². The van der Waals surface area contributed by atoms with Crippen LogP contribution in [0.5, 0.6) is 0 Å². The van der Waals surface area contributed by atoms with Gasteiger partial charge in [-0.05, 0) is 17.7 Å². The Labute approximate surface area is 112 Å². The second-order valence-corrected chi connectivity index (χ2v) is 3.29. The smallest absolute Gasteiger partial charge is 0.115 e. The second kappa shape index (κ2) is 10.4. The molecule has 3 aromatic rings. The van der Waals surface area contributed by atoms with Gasteiger partial charge in [-0.3, -0.25) is 5.10 Å². The van der Waals surface area contributed by atoms with Crippen molar-refractivity contribution in [1.82, 2.24) is 20.2 Å². The predicted molar refractivity (Wildman–Crippen MR) is 77.2 cm³/mol. The molecule has 2 aromatic heterocycles. The first-order chi connectivity index (χ1) is 9.43. The van der Waals surface area contributed by atoms with E-state index in [1.54, 1.807) is 30.9 Å². The van der Waals surface area contributed by atoms with Crippen molar-refractivity contribution >= 4 is 6.08 Å². The second-order valence-electron chi connectivity index (χ2n) is 3.29. The van der Waals surface area contributed by atoms with Gasteiger partial charge in [-0.2, -0.15) is 5.10 Å². The molecular weight excluding hydrogens is 236 g/mol. The van der Waals surface area contributed by atoms with Crippen molar-refractivity contribution in [3.8, 4) is 0 Å². The molecule has 0 atom stereocenters. The third-order valence-electron chi connectivity index (χ3n) is 1.92. The van der Waals surface area contributed by atoms with Crippen molar-refractivity contribution in [1.29, 1.82) is 0 Å². The fraction of sp³-hybridized carbons (Fsp3) is 0. The molecule has 1 N–H and O–H groups in total. The van der Waals surface area contributed by atoms with Crippen molar-refractivity contribution in [2.75, 3.05) is 0 Å². The Hall–Kier alpha value is -2.75. The van der Waals surface area contributed by atoms with Gasteiger partial charge in [0.05, 0.1) is 0 Å². The summed E-state index contributed by atoms with van der Waals surface area (Å²) in [6, 6.07) is 13.6. The number of hydrogen-bond donors (Lipinski definition) is 1. The summed E-state index contributed by atoms with van der Waals surface area (Å²) in [5.74, 6) is 0. The molecule has 4 heteroatoms. The molecule has 0 saturated heterocycles. The zero-order chi connectivity index (χ0) is 13.6. The van der Waals surface area contributed by atoms with Gasteiger partial charge < -0.3 is 0 Å². The van der Waals surface area contributed by atoms with Crippen LogP contribution in [-0.2, 0) is 0 Å². The van der Waals surface area contributed by atoms with Gasteiger partial charge in [0, 0.05) is 24.8 Å². The average Bonchev–Trinajstić information content (AvgIpc) is 3.10. The molecule has 0 amide bonds. The van der Waals surface area contributed by atoms with Crippen molar-refractivity contribution in [2.45, 2.75) is 0 Å². The van der Waals surface area contributed by atoms with E-state index in [1.165, 1.54) is 11.9 Å². The maximum atomic E-state index is 3.67. The van der Waals surface area contributed by atoms with Crippen LogP contribution in [-0.4, -0.2) is 20.2 Å². The van der Waals surface area contributed by atoms with E-state index in [1.807, 2.05) is 42.5 Å². The lowest BCUT2D eigenvalue weighted by Gasteiger charge is -1.85. The van der Waals surface area contributed by atoms with Crippen LogP contribution in [0.2, 0.25) is 0 Å². The highest BCUT2D eigenvalue weighted by Gasteiger charge is 1.75. The Morgan fingerprint density at radius 3 is 1.89 bits per heavy atom. The molecule has 96 valence electrons. The Morgan fingerprint density at radius 1 is 0.895 bits per heavy atom. The first-order valence-electron chi connectivity index (χ1n) is 5.74. The van der Waals surface area contributed by atoms with Crippen LogP contribution in [0.3, 0.4) is 0 Å². The summed E-state index contributed by atoms with van der Waals surface area (Å²) in [6.45, 7) is 3.63. The number of aromatic amines is 1. The van der Waals surface area contributed by atoms with E-state index in [0.29, 0.717) is 0 Å². The molecule has 4 nitrogen and oxygen atoms in total. The van der Waals surface area contributed by atoms with Crippen molar-refractivity contribution in [2.24, 2.45) is 0 Å². The van der Waals surface area contributed by atoms with Gasteiger partial charge in [0.15, 0.2) is 0 Å². The minimum absolute atomic E-state index is 1.17. The van der Waals surface area contributed by atoms with Crippen LogP contribution < -0.4 is 0 Å². The minimum Gasteiger partial charge on any atom is -0.286 e. The minimum atomic E-state index is 1.17. The summed E-state index contributed by atoms with van der Waals surface area (Å²) in [6.07, 6.45) is 10.2. The Bertz CT molecular complexity index is 462. The van der Waals surface area contributed by atoms with Crippen LogP contribution >= 0.6 is 0 Å². The molecule has 0 unspecified atom stereocenters. The molecular formula is C15H16N4. The van der Waals surface area contributed by atoms with E-state index in [-0.39, 0.29) is 0 Å². The largest absolute Gasteiger partial charge is 0.286 e. The highest BCUT2D eigenvalue weighted by molar-refractivity contribution is 5.45. The summed E-state index contributed by atoms with van der Waals surface area (Å²) >= 11 is 0. The third kappa shape index (κ3) is 8.04. The highest BCUT2D eigenvalue weighted by Crippen LogP contribution is 1.97. The summed E-state index contributed by atoms with van der Waals surface area (Å²) in [7, 11) is 0. The van der Waals surface area contributed by atoms with E-state index in [0.717, 1.165) is 0 Å². The Balaban J connectivity index is 0.000000147. The van der Waals surface area contributed by atoms with Crippen LogP contribution in [0.25, 0.3) is 6.08 Å². The van der Waals surface area contributed by atoms with Crippen LogP contribution in [0.4, 0.5) is 0 Å². The number of aromatic nitrogens is 4. The van der Waals surface area contributed by atoms with Gasteiger partial charge in [-0.25, -0.2) is 9.97 Å². The zero-order valence-electron chi connectivity index (χ0n) is 10.6. The fourth-order valence-corrected chi connectivity index (χ4v) is 1.06. The summed E-state index contributed by atoms with van der Waals surface area (Å²) in [5, 5.41) is 6.21. The first-order valence-corrected chi connectivity index (χ1v) is 5.74. The van der Waals surface area contributed by atoms with Crippen molar-refractivity contribution < 1.29 is 0 Å². The van der Waals surface area contributed by atoms with Crippen LogP contribution in [0.15, 0.2) is 80.2 Å². The number of nitrogens with one attached hydrogen (secondary N) is 1.